The van der Waals surface area contributed by atoms with Crippen LogP contribution in [0.2, 0.25) is 0 Å². The van der Waals surface area contributed by atoms with E-state index in [1.54, 1.807) is 0 Å². The van der Waals surface area contributed by atoms with Crippen LogP contribution < -0.4 is 5.32 Å². The fourth-order valence-electron chi connectivity index (χ4n) is 3.33. The standard InChI is InChI=1S/C24H31NO/c1-16(2)17-12-9-10-15-20(17)25-22(26)18-13-11-14-19(23(3,4)5)21(18)24(6,7)8/h9-15H,1H2,2-8H3,(H,25,26). The second kappa shape index (κ2) is 7.11. The van der Waals surface area contributed by atoms with Crippen LogP contribution in [0.5, 0.6) is 0 Å². The number of anilines is 1. The van der Waals surface area contributed by atoms with Crippen molar-refractivity contribution in [3.63, 3.8) is 0 Å². The molecule has 0 bridgehead atoms. The SMILES string of the molecule is C=C(C)c1ccccc1NC(=O)c1cccc(C(C)(C)C)c1C(C)(C)C. The van der Waals surface area contributed by atoms with Gasteiger partial charge in [-0.2, -0.15) is 0 Å². The van der Waals surface area contributed by atoms with Crippen LogP contribution >= 0.6 is 0 Å². The molecule has 2 aromatic carbocycles. The normalized spacial score (nSPS) is 12.0. The smallest absolute Gasteiger partial charge is 0.255 e. The minimum absolute atomic E-state index is 0.0332. The molecule has 1 N–H and O–H groups in total. The summed E-state index contributed by atoms with van der Waals surface area (Å²) in [6.45, 7) is 19.0. The Labute approximate surface area is 158 Å². The molecule has 0 aliphatic heterocycles. The highest BCUT2D eigenvalue weighted by atomic mass is 16.1. The number of hydrogen-bond donors (Lipinski definition) is 1. The van der Waals surface area contributed by atoms with E-state index in [0.717, 1.165) is 28.0 Å². The number of benzene rings is 2. The van der Waals surface area contributed by atoms with E-state index in [0.29, 0.717) is 0 Å². The summed E-state index contributed by atoms with van der Waals surface area (Å²) in [6.07, 6.45) is 0. The van der Waals surface area contributed by atoms with E-state index in [1.807, 2.05) is 43.3 Å². The molecule has 0 saturated heterocycles. The molecule has 0 aliphatic rings. The molecule has 2 aromatic rings. The zero-order valence-corrected chi connectivity index (χ0v) is 17.2. The number of rotatable bonds is 3. The van der Waals surface area contributed by atoms with Crippen molar-refractivity contribution in [3.8, 4) is 0 Å². The highest BCUT2D eigenvalue weighted by Gasteiger charge is 2.29. The predicted molar refractivity (Wildman–Crippen MR) is 113 cm³/mol. The lowest BCUT2D eigenvalue weighted by atomic mass is 9.73. The molecule has 2 heteroatoms. The van der Waals surface area contributed by atoms with Crippen LogP contribution in [0.4, 0.5) is 5.69 Å². The second-order valence-electron chi connectivity index (χ2n) is 9.01. The van der Waals surface area contributed by atoms with Crippen molar-refractivity contribution in [3.05, 3.63) is 71.3 Å². The predicted octanol–water partition coefficient (Wildman–Crippen LogP) is 6.57. The van der Waals surface area contributed by atoms with E-state index < -0.39 is 0 Å². The molecule has 0 aliphatic carbocycles. The first-order valence-electron chi connectivity index (χ1n) is 9.13. The van der Waals surface area contributed by atoms with Gasteiger partial charge in [-0.1, -0.05) is 78.5 Å². The Morgan fingerprint density at radius 1 is 0.846 bits per heavy atom. The van der Waals surface area contributed by atoms with E-state index in [1.165, 1.54) is 5.56 Å². The third-order valence-electron chi connectivity index (χ3n) is 4.50. The monoisotopic (exact) mass is 349 g/mol. The molecule has 2 rings (SSSR count). The van der Waals surface area contributed by atoms with E-state index in [-0.39, 0.29) is 16.7 Å². The zero-order valence-electron chi connectivity index (χ0n) is 17.2. The maximum Gasteiger partial charge on any atom is 0.255 e. The number of carbonyl (C=O) groups is 1. The maximum absolute atomic E-state index is 13.2. The number of nitrogens with one attached hydrogen (secondary N) is 1. The lowest BCUT2D eigenvalue weighted by molar-refractivity contribution is 0.102. The van der Waals surface area contributed by atoms with Crippen LogP contribution in [0.3, 0.4) is 0 Å². The highest BCUT2D eigenvalue weighted by molar-refractivity contribution is 6.07. The van der Waals surface area contributed by atoms with Gasteiger partial charge in [-0.05, 0) is 46.6 Å². The summed E-state index contributed by atoms with van der Waals surface area (Å²) in [4.78, 5) is 13.2. The van der Waals surface area contributed by atoms with Crippen LogP contribution in [0.25, 0.3) is 5.57 Å². The molecule has 0 saturated carbocycles. The Balaban J connectivity index is 2.56. The van der Waals surface area contributed by atoms with Gasteiger partial charge in [0.25, 0.3) is 5.91 Å². The number of carbonyl (C=O) groups excluding carboxylic acids is 1. The molecule has 0 radical (unpaired) electrons. The minimum Gasteiger partial charge on any atom is -0.321 e. The molecule has 0 aromatic heterocycles. The Bertz CT molecular complexity index is 832. The van der Waals surface area contributed by atoms with Gasteiger partial charge in [-0.25, -0.2) is 0 Å². The summed E-state index contributed by atoms with van der Waals surface area (Å²) in [7, 11) is 0. The van der Waals surface area contributed by atoms with Gasteiger partial charge in [0.2, 0.25) is 0 Å². The molecular weight excluding hydrogens is 318 g/mol. The molecule has 2 nitrogen and oxygen atoms in total. The molecule has 138 valence electrons. The number of para-hydroxylation sites is 1. The average molecular weight is 350 g/mol. The lowest BCUT2D eigenvalue weighted by Crippen LogP contribution is -2.27. The largest absolute Gasteiger partial charge is 0.321 e. The average Bonchev–Trinajstić information content (AvgIpc) is 2.52. The van der Waals surface area contributed by atoms with E-state index in [2.05, 4.69) is 59.5 Å². The first-order valence-corrected chi connectivity index (χ1v) is 9.13. The highest BCUT2D eigenvalue weighted by Crippen LogP contribution is 2.36. The quantitative estimate of drug-likeness (QED) is 0.667. The van der Waals surface area contributed by atoms with Crippen LogP contribution in [0.15, 0.2) is 49.0 Å². The summed E-state index contributed by atoms with van der Waals surface area (Å²) in [6, 6.07) is 13.8. The molecule has 0 atom stereocenters. The molecular formula is C24H31NO. The zero-order chi connectivity index (χ0) is 19.7. The maximum atomic E-state index is 13.2. The van der Waals surface area contributed by atoms with Crippen LogP contribution in [0.1, 0.15) is 75.5 Å². The fourth-order valence-corrected chi connectivity index (χ4v) is 3.33. The minimum atomic E-state index is -0.135. The topological polar surface area (TPSA) is 29.1 Å². The summed E-state index contributed by atoms with van der Waals surface area (Å²) in [5.41, 5.74) is 5.58. The van der Waals surface area contributed by atoms with Crippen molar-refractivity contribution in [2.24, 2.45) is 0 Å². The van der Waals surface area contributed by atoms with Gasteiger partial charge in [0, 0.05) is 16.8 Å². The molecule has 0 unspecified atom stereocenters. The fraction of sp³-hybridized carbons (Fsp3) is 0.375. The van der Waals surface area contributed by atoms with Crippen LogP contribution in [0, 0.1) is 0 Å². The summed E-state index contributed by atoms with van der Waals surface area (Å²) in [5.74, 6) is -0.0743. The molecule has 0 fully saturated rings. The Morgan fingerprint density at radius 3 is 1.96 bits per heavy atom. The summed E-state index contributed by atoms with van der Waals surface area (Å²) in [5, 5.41) is 3.10. The van der Waals surface area contributed by atoms with Gasteiger partial charge in [-0.3, -0.25) is 4.79 Å². The Hall–Kier alpha value is -2.35. The number of amides is 1. The number of allylic oxidation sites excluding steroid dienone is 1. The van der Waals surface area contributed by atoms with Gasteiger partial charge in [0.05, 0.1) is 0 Å². The summed E-state index contributed by atoms with van der Waals surface area (Å²) >= 11 is 0. The van der Waals surface area contributed by atoms with Gasteiger partial charge < -0.3 is 5.32 Å². The second-order valence-corrected chi connectivity index (χ2v) is 9.01. The van der Waals surface area contributed by atoms with Crippen molar-refractivity contribution in [2.75, 3.05) is 5.32 Å². The van der Waals surface area contributed by atoms with Crippen LogP contribution in [-0.4, -0.2) is 5.91 Å². The van der Waals surface area contributed by atoms with Crippen molar-refractivity contribution in [1.29, 1.82) is 0 Å². The van der Waals surface area contributed by atoms with Gasteiger partial charge >= 0.3 is 0 Å². The van der Waals surface area contributed by atoms with Gasteiger partial charge in [-0.15, -0.1) is 0 Å². The van der Waals surface area contributed by atoms with Crippen molar-refractivity contribution in [2.45, 2.75) is 59.3 Å². The first kappa shape index (κ1) is 20.0. The molecule has 26 heavy (non-hydrogen) atoms. The molecule has 0 heterocycles. The van der Waals surface area contributed by atoms with Crippen molar-refractivity contribution in [1.82, 2.24) is 0 Å². The van der Waals surface area contributed by atoms with Gasteiger partial charge in [0.1, 0.15) is 0 Å². The lowest BCUT2D eigenvalue weighted by Gasteiger charge is -2.32. The summed E-state index contributed by atoms with van der Waals surface area (Å²) < 4.78 is 0. The van der Waals surface area contributed by atoms with Crippen molar-refractivity contribution < 1.29 is 4.79 Å². The van der Waals surface area contributed by atoms with E-state index in [9.17, 15) is 4.79 Å². The van der Waals surface area contributed by atoms with Crippen molar-refractivity contribution >= 4 is 17.2 Å². The third-order valence-corrected chi connectivity index (χ3v) is 4.50. The molecule has 1 amide bonds. The molecule has 0 spiro atoms. The first-order chi connectivity index (χ1) is 11.9. The van der Waals surface area contributed by atoms with Crippen LogP contribution in [-0.2, 0) is 10.8 Å². The van der Waals surface area contributed by atoms with E-state index in [4.69, 9.17) is 0 Å². The van der Waals surface area contributed by atoms with Gasteiger partial charge in [0.15, 0.2) is 0 Å². The number of hydrogen-bond acceptors (Lipinski definition) is 1. The van der Waals surface area contributed by atoms with E-state index >= 15 is 0 Å². The third kappa shape index (κ3) is 4.24. The Morgan fingerprint density at radius 2 is 1.42 bits per heavy atom. The Kier molecular flexibility index (Phi) is 5.46.